The van der Waals surface area contributed by atoms with Gasteiger partial charge in [-0.2, -0.15) is 12.6 Å². The summed E-state index contributed by atoms with van der Waals surface area (Å²) in [5.74, 6) is -14.6. The highest BCUT2D eigenvalue weighted by Crippen LogP contribution is 2.27. The fraction of sp³-hybridized carbons (Fsp3) is 0.524. The predicted molar refractivity (Wildman–Crippen MR) is 355 cm³/mol. The number of primary amides is 3. The van der Waals surface area contributed by atoms with Crippen molar-refractivity contribution in [2.75, 3.05) is 25.4 Å². The second-order valence-corrected chi connectivity index (χ2v) is 24.7. The van der Waals surface area contributed by atoms with Crippen LogP contribution in [0.25, 0.3) is 0 Å². The van der Waals surface area contributed by atoms with Crippen LogP contribution in [0.4, 0.5) is 0 Å². The summed E-state index contributed by atoms with van der Waals surface area (Å²) in [6.45, 7) is 3.96. The van der Waals surface area contributed by atoms with E-state index < -0.39 is 218 Å². The number of nitrogens with zero attached hydrogens (tertiary/aromatic N) is 3. The average Bonchev–Trinajstić information content (AvgIpc) is 1.62. The molecule has 3 aromatic rings. The van der Waals surface area contributed by atoms with Crippen LogP contribution in [0.2, 0.25) is 0 Å². The number of imidazole rings is 1. The molecule has 5 rings (SSSR count). The minimum Gasteiger partial charge on any atom is -0.508 e. The zero-order valence-corrected chi connectivity index (χ0v) is 56.4. The topological polar surface area (TPSA) is 570 Å². The predicted octanol–water partition coefficient (Wildman–Crippen LogP) is -7.29. The molecule has 2 saturated heterocycles. The van der Waals surface area contributed by atoms with Crippen LogP contribution < -0.4 is 70.4 Å². The first-order valence-corrected chi connectivity index (χ1v) is 32.8. The Hall–Kier alpha value is -10.3. The number of hydrogen-bond donors (Lipinski definition) is 19. The first-order valence-electron chi connectivity index (χ1n) is 32.2. The Balaban J connectivity index is 1.34. The van der Waals surface area contributed by atoms with E-state index in [9.17, 15) is 92.3 Å². The summed E-state index contributed by atoms with van der Waals surface area (Å²) in [7, 11) is 0. The van der Waals surface area contributed by atoms with Gasteiger partial charge in [0.25, 0.3) is 0 Å². The summed E-state index contributed by atoms with van der Waals surface area (Å²) in [6, 6.07) is -3.49. The van der Waals surface area contributed by atoms with E-state index in [2.05, 4.69) is 75.8 Å². The van der Waals surface area contributed by atoms with Gasteiger partial charge >= 0.3 is 0 Å². The van der Waals surface area contributed by atoms with E-state index >= 15 is 0 Å². The maximum absolute atomic E-state index is 14.7. The smallest absolute Gasteiger partial charge is 0.248 e. The zero-order valence-electron chi connectivity index (χ0n) is 55.5. The number of amides is 15. The Morgan fingerprint density at radius 2 is 0.980 bits per heavy atom. The van der Waals surface area contributed by atoms with Crippen LogP contribution in [-0.4, -0.2) is 239 Å². The van der Waals surface area contributed by atoms with Crippen molar-refractivity contribution >= 4 is 101 Å². The normalized spacial score (nSPS) is 17.8. The molecular weight excluding hydrogens is 1330 g/mol. The van der Waals surface area contributed by atoms with Gasteiger partial charge in [-0.3, -0.25) is 71.9 Å². The molecule has 37 heteroatoms. The number of likely N-dealkylation sites (tertiary alicyclic amines) is 2. The Bertz CT molecular complexity index is 3400. The van der Waals surface area contributed by atoms with Crippen LogP contribution in [0.15, 0.2) is 67.1 Å². The monoisotopic (exact) mass is 1420 g/mol. The summed E-state index contributed by atoms with van der Waals surface area (Å²) in [5, 5.41) is 67.4. The van der Waals surface area contributed by atoms with E-state index in [1.807, 2.05) is 0 Å². The molecule has 3 heterocycles. The second kappa shape index (κ2) is 38.8. The van der Waals surface area contributed by atoms with E-state index in [0.717, 1.165) is 25.7 Å². The molecule has 0 bridgehead atoms. The highest BCUT2D eigenvalue weighted by molar-refractivity contribution is 7.80. The quantitative estimate of drug-likeness (QED) is 0.0237. The Kier molecular flexibility index (Phi) is 31.2. The number of phenolic OH excluding ortho intramolecular Hbond substituents is 1. The number of aliphatic hydroxyl groups excluding tert-OH is 3. The number of aromatic amines is 1. The number of nitrogens with one attached hydrogen (secondary N) is 11. The molecule has 14 atom stereocenters. The van der Waals surface area contributed by atoms with Gasteiger partial charge in [-0.15, -0.1) is 0 Å². The van der Waals surface area contributed by atoms with Gasteiger partial charge in [0.15, 0.2) is 0 Å². The van der Waals surface area contributed by atoms with Crippen molar-refractivity contribution in [1.29, 1.82) is 0 Å². The van der Waals surface area contributed by atoms with Crippen LogP contribution >= 0.6 is 12.6 Å². The largest absolute Gasteiger partial charge is 0.508 e. The number of aliphatic hydroxyl groups is 3. The van der Waals surface area contributed by atoms with Gasteiger partial charge in [-0.25, -0.2) is 4.98 Å². The summed E-state index contributed by atoms with van der Waals surface area (Å²) < 4.78 is 0. The molecule has 21 N–H and O–H groups in total. The molecule has 0 aliphatic carbocycles. The number of carbonyl (C=O) groups is 15. The average molecular weight is 1420 g/mol. The van der Waals surface area contributed by atoms with Crippen molar-refractivity contribution in [2.24, 2.45) is 17.2 Å². The van der Waals surface area contributed by atoms with Crippen molar-refractivity contribution in [3.63, 3.8) is 0 Å². The fourth-order valence-electron chi connectivity index (χ4n) is 11.1. The molecule has 36 nitrogen and oxygen atoms in total. The SMILES string of the molecule is CC(=O)N[C@@H](CS)C(=O)N[C@@H](CCC(N)=O)C(=O)N[C@@H](CCC(N)=O)C(=O)N[C@@H](Cc1cnc[nH]1)C(=O)N[C@@H](Cc1ccc(O)cc1)C(=O)N[C@H](C(=O)N[C@H](C(=O)N1CCC[C@H]1C(=O)N1CCC[C@H]1C(=O)N[C@H](C(=O)N[C@@H](Cc1ccccc1)C(=O)NCC(N)=O)[C@@H](C)O)[C@@H](C)O)[C@@H](C)O. The molecule has 2 fully saturated rings. The molecule has 2 aliphatic heterocycles. The van der Waals surface area contributed by atoms with E-state index in [4.69, 9.17) is 17.2 Å². The maximum atomic E-state index is 14.7. The lowest BCUT2D eigenvalue weighted by Gasteiger charge is -2.34. The molecule has 0 radical (unpaired) electrons. The number of benzene rings is 2. The van der Waals surface area contributed by atoms with E-state index in [1.165, 1.54) is 48.6 Å². The van der Waals surface area contributed by atoms with Crippen LogP contribution in [0.3, 0.4) is 0 Å². The standard InChI is InChI=1S/C63H89N17O19S/c1-31(81)50(60(96)75-41(53(89)68-28-49(66)88)24-35-10-6-5-7-11-35)77-59(95)45-12-8-22-79(45)62(98)46-13-9-23-80(46)63(99)52(33(3)83)78-61(97)51(32(2)82)76-57(93)42(25-36-14-16-38(85)17-15-36)73-56(92)43(26-37-27-67-30-69-37)74-55(91)40(19-21-48(65)87)71-54(90)39(18-20-47(64)86)72-58(94)44(29-100)70-34(4)84/h5-7,10-11,14-17,27,30-33,39-46,50-52,81-83,85,100H,8-9,12-13,18-26,28-29H2,1-4H3,(H2,64,86)(H2,65,87)(H2,66,88)(H,67,69)(H,68,89)(H,70,84)(H,71,90)(H,72,94)(H,73,92)(H,74,91)(H,75,96)(H,76,93)(H,77,95)(H,78,97)/t31-,32-,33-,39+,40+,41+,42+,43+,44+,45+,46+,50+,51+,52+/m1/s1. The zero-order chi connectivity index (χ0) is 74.1. The second-order valence-electron chi connectivity index (χ2n) is 24.3. The van der Waals surface area contributed by atoms with Crippen LogP contribution in [-0.2, 0) is 91.2 Å². The molecule has 1 aromatic heterocycles. The number of H-pyrrole nitrogens is 1. The lowest BCUT2D eigenvalue weighted by molar-refractivity contribution is -0.149. The molecule has 0 unspecified atom stereocenters. The number of aromatic nitrogens is 2. The Labute approximate surface area is 579 Å². The minimum atomic E-state index is -1.97. The van der Waals surface area contributed by atoms with Gasteiger partial charge < -0.3 is 106 Å². The number of nitrogens with two attached hydrogens (primary N) is 3. The third kappa shape index (κ3) is 24.6. The van der Waals surface area contributed by atoms with E-state index in [1.54, 1.807) is 30.3 Å². The molecular formula is C63H89N17O19S. The third-order valence-electron chi connectivity index (χ3n) is 16.3. The lowest BCUT2D eigenvalue weighted by atomic mass is 10.0. The van der Waals surface area contributed by atoms with Gasteiger partial charge in [-0.1, -0.05) is 42.5 Å². The molecule has 546 valence electrons. The molecule has 15 amide bonds. The van der Waals surface area contributed by atoms with Gasteiger partial charge in [0, 0.05) is 69.8 Å². The highest BCUT2D eigenvalue weighted by Gasteiger charge is 2.46. The summed E-state index contributed by atoms with van der Waals surface area (Å²) in [5.41, 5.74) is 17.1. The Morgan fingerprint density at radius 3 is 1.49 bits per heavy atom. The molecule has 0 saturated carbocycles. The number of carbonyl (C=O) groups excluding carboxylic acids is 15. The first-order chi connectivity index (χ1) is 47.3. The van der Waals surface area contributed by atoms with Crippen molar-refractivity contribution in [3.8, 4) is 5.75 Å². The Morgan fingerprint density at radius 1 is 0.530 bits per heavy atom. The summed E-state index contributed by atoms with van der Waals surface area (Å²) in [4.78, 5) is 212. The first kappa shape index (κ1) is 80.4. The van der Waals surface area contributed by atoms with Gasteiger partial charge in [0.2, 0.25) is 88.6 Å². The van der Waals surface area contributed by atoms with Crippen LogP contribution in [0, 0.1) is 0 Å². The van der Waals surface area contributed by atoms with Gasteiger partial charge in [0.05, 0.1) is 31.2 Å². The van der Waals surface area contributed by atoms with E-state index in [-0.39, 0.29) is 62.4 Å². The lowest BCUT2D eigenvalue weighted by Crippen LogP contribution is -2.63. The summed E-state index contributed by atoms with van der Waals surface area (Å²) in [6.07, 6.45) is -4.62. The number of hydrogen-bond acceptors (Lipinski definition) is 21. The van der Waals surface area contributed by atoms with Crippen molar-refractivity contribution in [1.82, 2.24) is 72.9 Å². The summed E-state index contributed by atoms with van der Waals surface area (Å²) >= 11 is 4.08. The number of thiol groups is 1. The highest BCUT2D eigenvalue weighted by atomic mass is 32.1. The van der Waals surface area contributed by atoms with Crippen molar-refractivity contribution in [2.45, 2.75) is 183 Å². The number of phenols is 1. The molecule has 2 aromatic carbocycles. The van der Waals surface area contributed by atoms with Crippen molar-refractivity contribution < 1.29 is 92.3 Å². The number of aromatic hydroxyl groups is 1. The third-order valence-corrected chi connectivity index (χ3v) is 16.7. The minimum absolute atomic E-state index is 0.00625. The fourth-order valence-corrected chi connectivity index (χ4v) is 11.3. The van der Waals surface area contributed by atoms with Gasteiger partial charge in [-0.05, 0) is 82.6 Å². The van der Waals surface area contributed by atoms with Crippen molar-refractivity contribution in [3.05, 3.63) is 83.9 Å². The van der Waals surface area contributed by atoms with E-state index in [0.29, 0.717) is 11.1 Å². The maximum Gasteiger partial charge on any atom is 0.248 e. The number of rotatable bonds is 38. The van der Waals surface area contributed by atoms with Crippen LogP contribution in [0.1, 0.15) is 95.9 Å². The molecule has 100 heavy (non-hydrogen) atoms. The molecule has 0 spiro atoms. The van der Waals surface area contributed by atoms with Gasteiger partial charge in [0.1, 0.15) is 72.2 Å². The van der Waals surface area contributed by atoms with Crippen LogP contribution in [0.5, 0.6) is 5.75 Å². The molecule has 2 aliphatic rings.